The standard InChI is InChI=1S/C16H24N2O4S/c1-13-12-17-9-10-18(13)16(19)4-3-11-22-14-5-7-15(8-6-14)23(2,20)21/h5-8,13,17H,3-4,9-12H2,1-2H3. The fraction of sp³-hybridized carbons (Fsp3) is 0.562. The summed E-state index contributed by atoms with van der Waals surface area (Å²) in [5, 5.41) is 3.26. The van der Waals surface area contributed by atoms with Gasteiger partial charge < -0.3 is 15.0 Å². The van der Waals surface area contributed by atoms with Crippen molar-refractivity contribution in [1.29, 1.82) is 0 Å². The summed E-state index contributed by atoms with van der Waals surface area (Å²) in [6, 6.07) is 6.56. The SMILES string of the molecule is CC1CNCCN1C(=O)CCCOc1ccc(S(C)(=O)=O)cc1. The van der Waals surface area contributed by atoms with Crippen molar-refractivity contribution in [3.05, 3.63) is 24.3 Å². The number of benzene rings is 1. The predicted octanol–water partition coefficient (Wildman–Crippen LogP) is 1.07. The van der Waals surface area contributed by atoms with Gasteiger partial charge in [0.15, 0.2) is 9.84 Å². The number of carbonyl (C=O) groups excluding carboxylic acids is 1. The highest BCUT2D eigenvalue weighted by molar-refractivity contribution is 7.90. The Hall–Kier alpha value is -1.60. The minimum atomic E-state index is -3.18. The van der Waals surface area contributed by atoms with E-state index in [-0.39, 0.29) is 16.8 Å². The van der Waals surface area contributed by atoms with E-state index in [1.807, 2.05) is 11.8 Å². The van der Waals surface area contributed by atoms with Gasteiger partial charge in [0.2, 0.25) is 5.91 Å². The largest absolute Gasteiger partial charge is 0.494 e. The van der Waals surface area contributed by atoms with Gasteiger partial charge in [0.05, 0.1) is 11.5 Å². The van der Waals surface area contributed by atoms with Gasteiger partial charge in [-0.15, -0.1) is 0 Å². The summed E-state index contributed by atoms with van der Waals surface area (Å²) in [5.41, 5.74) is 0. The molecule has 1 saturated heterocycles. The third kappa shape index (κ3) is 5.21. The van der Waals surface area contributed by atoms with Crippen LogP contribution in [0.1, 0.15) is 19.8 Å². The molecule has 128 valence electrons. The number of piperazine rings is 1. The van der Waals surface area contributed by atoms with Crippen molar-refractivity contribution < 1.29 is 17.9 Å². The Morgan fingerprint density at radius 3 is 2.65 bits per heavy atom. The first kappa shape index (κ1) is 17.7. The maximum absolute atomic E-state index is 12.2. The molecule has 0 radical (unpaired) electrons. The first-order valence-electron chi connectivity index (χ1n) is 7.81. The number of nitrogens with zero attached hydrogens (tertiary/aromatic N) is 1. The molecule has 1 amide bonds. The zero-order chi connectivity index (χ0) is 16.9. The Balaban J connectivity index is 1.74. The Bertz CT molecular complexity index is 628. The number of nitrogens with one attached hydrogen (secondary N) is 1. The molecule has 0 bridgehead atoms. The number of amides is 1. The van der Waals surface area contributed by atoms with Crippen LogP contribution < -0.4 is 10.1 Å². The van der Waals surface area contributed by atoms with Gasteiger partial charge >= 0.3 is 0 Å². The van der Waals surface area contributed by atoms with E-state index in [1.54, 1.807) is 12.1 Å². The fourth-order valence-corrected chi connectivity index (χ4v) is 3.18. The highest BCUT2D eigenvalue weighted by atomic mass is 32.2. The second kappa shape index (κ2) is 7.79. The van der Waals surface area contributed by atoms with Gasteiger partial charge in [-0.2, -0.15) is 0 Å². The molecule has 0 aliphatic carbocycles. The number of hydrogen-bond acceptors (Lipinski definition) is 5. The molecule has 0 saturated carbocycles. The minimum absolute atomic E-state index is 0.162. The zero-order valence-corrected chi connectivity index (χ0v) is 14.4. The van der Waals surface area contributed by atoms with Crippen LogP contribution in [0.2, 0.25) is 0 Å². The van der Waals surface area contributed by atoms with E-state index in [0.717, 1.165) is 19.6 Å². The van der Waals surface area contributed by atoms with Crippen molar-refractivity contribution in [3.8, 4) is 5.75 Å². The molecule has 0 aromatic heterocycles. The van der Waals surface area contributed by atoms with E-state index >= 15 is 0 Å². The third-order valence-electron chi connectivity index (χ3n) is 3.88. The second-order valence-corrected chi connectivity index (χ2v) is 7.85. The van der Waals surface area contributed by atoms with E-state index in [4.69, 9.17) is 4.74 Å². The molecule has 1 aliphatic rings. The van der Waals surface area contributed by atoms with Gasteiger partial charge in [-0.1, -0.05) is 0 Å². The first-order chi connectivity index (χ1) is 10.9. The van der Waals surface area contributed by atoms with E-state index in [2.05, 4.69) is 5.32 Å². The molecule has 1 heterocycles. The summed E-state index contributed by atoms with van der Waals surface area (Å²) in [4.78, 5) is 14.3. The molecule has 7 heteroatoms. The molecule has 0 spiro atoms. The number of carbonyl (C=O) groups is 1. The number of ether oxygens (including phenoxy) is 1. The number of hydrogen-bond donors (Lipinski definition) is 1. The van der Waals surface area contributed by atoms with Gasteiger partial charge in [-0.05, 0) is 37.6 Å². The molecule has 1 N–H and O–H groups in total. The van der Waals surface area contributed by atoms with Crippen LogP contribution in [0.5, 0.6) is 5.75 Å². The molecule has 1 aromatic carbocycles. The van der Waals surface area contributed by atoms with Crippen LogP contribution in [0.4, 0.5) is 0 Å². The van der Waals surface area contributed by atoms with Crippen LogP contribution in [-0.2, 0) is 14.6 Å². The van der Waals surface area contributed by atoms with Crippen molar-refractivity contribution in [1.82, 2.24) is 10.2 Å². The van der Waals surface area contributed by atoms with Gasteiger partial charge in [-0.25, -0.2) is 8.42 Å². The molecular weight excluding hydrogens is 316 g/mol. The Morgan fingerprint density at radius 1 is 1.35 bits per heavy atom. The summed E-state index contributed by atoms with van der Waals surface area (Å²) in [6.07, 6.45) is 2.28. The van der Waals surface area contributed by atoms with Crippen LogP contribution in [-0.4, -0.2) is 57.8 Å². The molecule has 1 unspecified atom stereocenters. The molecule has 23 heavy (non-hydrogen) atoms. The maximum atomic E-state index is 12.2. The number of sulfone groups is 1. The van der Waals surface area contributed by atoms with Crippen molar-refractivity contribution >= 4 is 15.7 Å². The molecule has 1 atom stereocenters. The lowest BCUT2D eigenvalue weighted by atomic mass is 10.2. The Labute approximate surface area is 137 Å². The van der Waals surface area contributed by atoms with Gasteiger partial charge in [0.25, 0.3) is 0 Å². The van der Waals surface area contributed by atoms with Gasteiger partial charge in [-0.3, -0.25) is 4.79 Å². The van der Waals surface area contributed by atoms with Crippen LogP contribution in [0, 0.1) is 0 Å². The molecule has 1 fully saturated rings. The summed E-state index contributed by atoms with van der Waals surface area (Å²) < 4.78 is 28.3. The van der Waals surface area contributed by atoms with E-state index in [0.29, 0.717) is 25.2 Å². The van der Waals surface area contributed by atoms with Crippen molar-refractivity contribution in [2.24, 2.45) is 0 Å². The van der Waals surface area contributed by atoms with Crippen molar-refractivity contribution in [2.75, 3.05) is 32.5 Å². The summed E-state index contributed by atoms with van der Waals surface area (Å²) in [6.45, 7) is 4.93. The van der Waals surface area contributed by atoms with E-state index in [9.17, 15) is 13.2 Å². The predicted molar refractivity (Wildman–Crippen MR) is 88.3 cm³/mol. The molecular formula is C16H24N2O4S. The average molecular weight is 340 g/mol. The van der Waals surface area contributed by atoms with Crippen LogP contribution >= 0.6 is 0 Å². The first-order valence-corrected chi connectivity index (χ1v) is 9.70. The number of rotatable bonds is 6. The Morgan fingerprint density at radius 2 is 2.04 bits per heavy atom. The highest BCUT2D eigenvalue weighted by Gasteiger charge is 2.22. The lowest BCUT2D eigenvalue weighted by Gasteiger charge is -2.34. The van der Waals surface area contributed by atoms with E-state index in [1.165, 1.54) is 18.4 Å². The van der Waals surface area contributed by atoms with Crippen molar-refractivity contribution in [2.45, 2.75) is 30.7 Å². The molecule has 2 rings (SSSR count). The summed E-state index contributed by atoms with van der Waals surface area (Å²) in [7, 11) is -3.18. The van der Waals surface area contributed by atoms with Crippen molar-refractivity contribution in [3.63, 3.8) is 0 Å². The summed E-state index contributed by atoms with van der Waals surface area (Å²) >= 11 is 0. The molecule has 1 aromatic rings. The fourth-order valence-electron chi connectivity index (χ4n) is 2.55. The molecule has 6 nitrogen and oxygen atoms in total. The zero-order valence-electron chi connectivity index (χ0n) is 13.6. The maximum Gasteiger partial charge on any atom is 0.223 e. The third-order valence-corrected chi connectivity index (χ3v) is 5.01. The Kier molecular flexibility index (Phi) is 6.01. The minimum Gasteiger partial charge on any atom is -0.494 e. The monoisotopic (exact) mass is 340 g/mol. The van der Waals surface area contributed by atoms with Gasteiger partial charge in [0.1, 0.15) is 5.75 Å². The van der Waals surface area contributed by atoms with Gasteiger partial charge in [0, 0.05) is 38.4 Å². The topological polar surface area (TPSA) is 75.7 Å². The smallest absolute Gasteiger partial charge is 0.223 e. The normalized spacial score (nSPS) is 18.7. The lowest BCUT2D eigenvalue weighted by molar-refractivity contribution is -0.134. The average Bonchev–Trinajstić information content (AvgIpc) is 2.51. The highest BCUT2D eigenvalue weighted by Crippen LogP contribution is 2.16. The summed E-state index contributed by atoms with van der Waals surface area (Å²) in [5.74, 6) is 0.774. The van der Waals surface area contributed by atoms with Crippen LogP contribution in [0.15, 0.2) is 29.2 Å². The quantitative estimate of drug-likeness (QED) is 0.784. The second-order valence-electron chi connectivity index (χ2n) is 5.84. The molecule has 1 aliphatic heterocycles. The lowest BCUT2D eigenvalue weighted by Crippen LogP contribution is -2.52. The van der Waals surface area contributed by atoms with Crippen LogP contribution in [0.25, 0.3) is 0 Å². The van der Waals surface area contributed by atoms with Crippen LogP contribution in [0.3, 0.4) is 0 Å². The van der Waals surface area contributed by atoms with E-state index < -0.39 is 9.84 Å².